The van der Waals surface area contributed by atoms with Gasteiger partial charge in [-0.2, -0.15) is 0 Å². The molecule has 1 aromatic carbocycles. The smallest absolute Gasteiger partial charge is 0.312 e. The van der Waals surface area contributed by atoms with Crippen LogP contribution in [0.3, 0.4) is 0 Å². The van der Waals surface area contributed by atoms with Crippen molar-refractivity contribution in [1.82, 2.24) is 9.80 Å². The van der Waals surface area contributed by atoms with E-state index in [0.29, 0.717) is 0 Å². The van der Waals surface area contributed by atoms with Crippen LogP contribution in [0.5, 0.6) is 0 Å². The van der Waals surface area contributed by atoms with Crippen LogP contribution in [0.4, 0.5) is 0 Å². The molecule has 2 aliphatic heterocycles. The van der Waals surface area contributed by atoms with Gasteiger partial charge in [-0.15, -0.1) is 0 Å². The molecule has 0 N–H and O–H groups in total. The molecule has 3 rings (SSSR count). The number of ether oxygens (including phenoxy) is 1. The SMILES string of the molecule is CCC1(CC)CC(CCN2CCN(C(=O)c3ccccc3)CC2)OC1=O. The molecule has 0 radical (unpaired) electrons. The van der Waals surface area contributed by atoms with Gasteiger partial charge in [0.1, 0.15) is 6.10 Å². The summed E-state index contributed by atoms with van der Waals surface area (Å²) < 4.78 is 5.64. The second kappa shape index (κ2) is 8.21. The molecular weight excluding hydrogens is 328 g/mol. The van der Waals surface area contributed by atoms with Gasteiger partial charge in [-0.25, -0.2) is 0 Å². The Balaban J connectivity index is 1.44. The van der Waals surface area contributed by atoms with Crippen molar-refractivity contribution in [2.75, 3.05) is 32.7 Å². The zero-order valence-electron chi connectivity index (χ0n) is 15.9. The first-order valence-electron chi connectivity index (χ1n) is 9.85. The molecule has 0 spiro atoms. The minimum atomic E-state index is -0.258. The molecule has 142 valence electrons. The maximum atomic E-state index is 12.5. The van der Waals surface area contributed by atoms with Crippen LogP contribution in [0.25, 0.3) is 0 Å². The van der Waals surface area contributed by atoms with Crippen LogP contribution in [0.1, 0.15) is 49.9 Å². The first-order chi connectivity index (χ1) is 12.6. The largest absolute Gasteiger partial charge is 0.462 e. The molecule has 2 fully saturated rings. The van der Waals surface area contributed by atoms with Crippen molar-refractivity contribution in [2.45, 2.75) is 45.6 Å². The molecule has 26 heavy (non-hydrogen) atoms. The zero-order valence-corrected chi connectivity index (χ0v) is 15.9. The average molecular weight is 358 g/mol. The van der Waals surface area contributed by atoms with Gasteiger partial charge in [0.05, 0.1) is 5.41 Å². The van der Waals surface area contributed by atoms with Gasteiger partial charge < -0.3 is 9.64 Å². The number of carbonyl (C=O) groups is 2. The summed E-state index contributed by atoms with van der Waals surface area (Å²) in [6, 6.07) is 9.47. The number of hydrogen-bond donors (Lipinski definition) is 0. The molecule has 1 unspecified atom stereocenters. The minimum Gasteiger partial charge on any atom is -0.462 e. The molecule has 0 bridgehead atoms. The molecule has 2 aliphatic rings. The quantitative estimate of drug-likeness (QED) is 0.734. The normalized spacial score (nSPS) is 23.1. The first-order valence-corrected chi connectivity index (χ1v) is 9.85. The zero-order chi connectivity index (χ0) is 18.6. The second-order valence-corrected chi connectivity index (χ2v) is 7.51. The van der Waals surface area contributed by atoms with E-state index in [1.165, 1.54) is 0 Å². The molecule has 1 aromatic rings. The standard InChI is InChI=1S/C21H30N2O3/c1-3-21(4-2)16-18(26-20(21)25)10-11-22-12-14-23(15-13-22)19(24)17-8-6-5-7-9-17/h5-9,18H,3-4,10-16H2,1-2H3. The fraction of sp³-hybridized carbons (Fsp3) is 0.619. The Kier molecular flexibility index (Phi) is 5.97. The van der Waals surface area contributed by atoms with E-state index in [0.717, 1.165) is 64.0 Å². The van der Waals surface area contributed by atoms with Crippen molar-refractivity contribution < 1.29 is 14.3 Å². The number of hydrogen-bond acceptors (Lipinski definition) is 4. The molecule has 1 atom stereocenters. The van der Waals surface area contributed by atoms with E-state index in [4.69, 9.17) is 4.74 Å². The van der Waals surface area contributed by atoms with Gasteiger partial charge in [0, 0.05) is 44.7 Å². The third-order valence-corrected chi connectivity index (χ3v) is 6.13. The lowest BCUT2D eigenvalue weighted by Crippen LogP contribution is -2.49. The van der Waals surface area contributed by atoms with Crippen molar-refractivity contribution in [3.05, 3.63) is 35.9 Å². The molecule has 5 heteroatoms. The number of cyclic esters (lactones) is 1. The maximum absolute atomic E-state index is 12.5. The molecule has 1 amide bonds. The Labute approximate surface area is 156 Å². The Hall–Kier alpha value is -1.88. The Morgan fingerprint density at radius 3 is 2.35 bits per heavy atom. The minimum absolute atomic E-state index is 0.00854. The van der Waals surface area contributed by atoms with Crippen LogP contribution in [0.15, 0.2) is 30.3 Å². The molecule has 2 saturated heterocycles. The van der Waals surface area contributed by atoms with Crippen LogP contribution in [-0.2, 0) is 9.53 Å². The predicted molar refractivity (Wildman–Crippen MR) is 101 cm³/mol. The van der Waals surface area contributed by atoms with Crippen LogP contribution in [-0.4, -0.2) is 60.5 Å². The third kappa shape index (κ3) is 3.93. The fourth-order valence-corrected chi connectivity index (χ4v) is 4.09. The monoisotopic (exact) mass is 358 g/mol. The number of rotatable bonds is 6. The van der Waals surface area contributed by atoms with Gasteiger partial charge in [-0.3, -0.25) is 14.5 Å². The van der Waals surface area contributed by atoms with Crippen molar-refractivity contribution >= 4 is 11.9 Å². The Morgan fingerprint density at radius 1 is 1.12 bits per heavy atom. The van der Waals surface area contributed by atoms with E-state index in [9.17, 15) is 9.59 Å². The summed E-state index contributed by atoms with van der Waals surface area (Å²) in [4.78, 5) is 29.0. The molecule has 2 heterocycles. The number of carbonyl (C=O) groups excluding carboxylic acids is 2. The average Bonchev–Trinajstić information content (AvgIpc) is 3.03. The lowest BCUT2D eigenvalue weighted by atomic mass is 9.79. The maximum Gasteiger partial charge on any atom is 0.312 e. The van der Waals surface area contributed by atoms with Crippen LogP contribution in [0, 0.1) is 5.41 Å². The summed E-state index contributed by atoms with van der Waals surface area (Å²) in [5.74, 6) is 0.108. The van der Waals surface area contributed by atoms with Crippen molar-refractivity contribution in [3.63, 3.8) is 0 Å². The summed E-state index contributed by atoms with van der Waals surface area (Å²) in [6.07, 6.45) is 3.51. The van der Waals surface area contributed by atoms with E-state index in [1.54, 1.807) is 0 Å². The van der Waals surface area contributed by atoms with Gasteiger partial charge in [0.15, 0.2) is 0 Å². The van der Waals surface area contributed by atoms with E-state index < -0.39 is 0 Å². The van der Waals surface area contributed by atoms with E-state index in [-0.39, 0.29) is 23.4 Å². The van der Waals surface area contributed by atoms with Crippen molar-refractivity contribution in [1.29, 1.82) is 0 Å². The highest BCUT2D eigenvalue weighted by Crippen LogP contribution is 2.41. The fourth-order valence-electron chi connectivity index (χ4n) is 4.09. The number of amides is 1. The third-order valence-electron chi connectivity index (χ3n) is 6.13. The van der Waals surface area contributed by atoms with Crippen LogP contribution < -0.4 is 0 Å². The van der Waals surface area contributed by atoms with E-state index in [2.05, 4.69) is 18.7 Å². The van der Waals surface area contributed by atoms with Gasteiger partial charge >= 0.3 is 5.97 Å². The van der Waals surface area contributed by atoms with Crippen LogP contribution >= 0.6 is 0 Å². The van der Waals surface area contributed by atoms with Gasteiger partial charge in [-0.1, -0.05) is 32.0 Å². The van der Waals surface area contributed by atoms with Gasteiger partial charge in [0.25, 0.3) is 5.91 Å². The summed E-state index contributed by atoms with van der Waals surface area (Å²) in [7, 11) is 0. The summed E-state index contributed by atoms with van der Waals surface area (Å²) in [6.45, 7) is 8.36. The number of piperazine rings is 1. The number of benzene rings is 1. The topological polar surface area (TPSA) is 49.9 Å². The van der Waals surface area contributed by atoms with E-state index in [1.807, 2.05) is 35.2 Å². The Bertz CT molecular complexity index is 619. The van der Waals surface area contributed by atoms with Gasteiger partial charge in [-0.05, 0) is 31.4 Å². The van der Waals surface area contributed by atoms with Crippen molar-refractivity contribution in [2.24, 2.45) is 5.41 Å². The molecule has 0 aliphatic carbocycles. The van der Waals surface area contributed by atoms with Gasteiger partial charge in [0.2, 0.25) is 0 Å². The Morgan fingerprint density at radius 2 is 1.77 bits per heavy atom. The van der Waals surface area contributed by atoms with Crippen molar-refractivity contribution in [3.8, 4) is 0 Å². The molecule has 0 aromatic heterocycles. The highest BCUT2D eigenvalue weighted by molar-refractivity contribution is 5.94. The second-order valence-electron chi connectivity index (χ2n) is 7.51. The first kappa shape index (κ1) is 18.9. The summed E-state index contributed by atoms with van der Waals surface area (Å²) >= 11 is 0. The lowest BCUT2D eigenvalue weighted by molar-refractivity contribution is -0.149. The summed E-state index contributed by atoms with van der Waals surface area (Å²) in [5, 5.41) is 0. The molecule has 0 saturated carbocycles. The number of nitrogens with zero attached hydrogens (tertiary/aromatic N) is 2. The molecular formula is C21H30N2O3. The molecule has 5 nitrogen and oxygen atoms in total. The summed E-state index contributed by atoms with van der Waals surface area (Å²) in [5.41, 5.74) is 0.500. The lowest BCUT2D eigenvalue weighted by Gasteiger charge is -2.35. The number of esters is 1. The predicted octanol–water partition coefficient (Wildman–Crippen LogP) is 2.96. The highest BCUT2D eigenvalue weighted by atomic mass is 16.6. The van der Waals surface area contributed by atoms with Crippen LogP contribution in [0.2, 0.25) is 0 Å². The van der Waals surface area contributed by atoms with E-state index >= 15 is 0 Å². The highest BCUT2D eigenvalue weighted by Gasteiger charge is 2.46.